The third-order valence-corrected chi connectivity index (χ3v) is 2.14. The highest BCUT2D eigenvalue weighted by molar-refractivity contribution is 5.01. The molecule has 0 radical (unpaired) electrons. The summed E-state index contributed by atoms with van der Waals surface area (Å²) in [4.78, 5) is 0. The van der Waals surface area contributed by atoms with Crippen LogP contribution in [0.5, 0.6) is 0 Å². The van der Waals surface area contributed by atoms with Gasteiger partial charge in [0.2, 0.25) is 11.8 Å². The van der Waals surface area contributed by atoms with Crippen molar-refractivity contribution in [2.24, 2.45) is 5.73 Å². The fraction of sp³-hybridized carbons (Fsp3) is 0.750. The molecule has 0 spiro atoms. The minimum absolute atomic E-state index is 0.0926. The molecule has 1 atom stereocenters. The molecule has 12 heavy (non-hydrogen) atoms. The van der Waals surface area contributed by atoms with Crippen LogP contribution in [0.2, 0.25) is 0 Å². The number of hydrogen-bond donors (Lipinski definition) is 1. The van der Waals surface area contributed by atoms with E-state index in [9.17, 15) is 0 Å². The Morgan fingerprint density at radius 3 is 2.92 bits per heavy atom. The number of hydrogen-bond acceptors (Lipinski definition) is 4. The van der Waals surface area contributed by atoms with E-state index in [1.54, 1.807) is 0 Å². The summed E-state index contributed by atoms with van der Waals surface area (Å²) in [5, 5.41) is 7.86. The zero-order chi connectivity index (χ0) is 8.55. The summed E-state index contributed by atoms with van der Waals surface area (Å²) in [6, 6.07) is -0.0926. The molecule has 0 aromatic carbocycles. The number of rotatable bonds is 3. The first-order chi connectivity index (χ1) is 5.81. The first kappa shape index (κ1) is 7.73. The van der Waals surface area contributed by atoms with Crippen LogP contribution < -0.4 is 5.73 Å². The van der Waals surface area contributed by atoms with E-state index in [4.69, 9.17) is 10.2 Å². The largest absolute Gasteiger partial charge is 0.423 e. The van der Waals surface area contributed by atoms with E-state index in [1.807, 2.05) is 6.92 Å². The molecule has 4 nitrogen and oxygen atoms in total. The Kier molecular flexibility index (Phi) is 1.84. The lowest BCUT2D eigenvalue weighted by Crippen LogP contribution is -2.08. The van der Waals surface area contributed by atoms with E-state index >= 15 is 0 Å². The third-order valence-electron chi connectivity index (χ3n) is 2.14. The van der Waals surface area contributed by atoms with Gasteiger partial charge in [0.05, 0.1) is 6.04 Å². The second kappa shape index (κ2) is 2.86. The molecule has 2 rings (SSSR count). The number of nitrogens with two attached hydrogens (primary N) is 1. The maximum absolute atomic E-state index is 5.73. The minimum Gasteiger partial charge on any atom is -0.423 e. The lowest BCUT2D eigenvalue weighted by Gasteiger charge is -1.99. The van der Waals surface area contributed by atoms with Crippen LogP contribution in [0.25, 0.3) is 0 Å². The summed E-state index contributed by atoms with van der Waals surface area (Å²) in [5.74, 6) is 1.88. The Balaban J connectivity index is 2.12. The number of nitrogens with zero attached hydrogens (tertiary/aromatic N) is 2. The fourth-order valence-corrected chi connectivity index (χ4v) is 1.07. The molecule has 0 amide bonds. The van der Waals surface area contributed by atoms with E-state index in [-0.39, 0.29) is 6.04 Å². The summed E-state index contributed by atoms with van der Waals surface area (Å²) in [6.07, 6.45) is 3.21. The van der Waals surface area contributed by atoms with Crippen molar-refractivity contribution >= 4 is 0 Å². The molecule has 1 aliphatic rings. The zero-order valence-electron chi connectivity index (χ0n) is 7.16. The molecule has 1 aliphatic carbocycles. The van der Waals surface area contributed by atoms with E-state index < -0.39 is 0 Å². The van der Waals surface area contributed by atoms with Crippen molar-refractivity contribution in [2.45, 2.75) is 38.1 Å². The standard InChI is InChI=1S/C8H13N3O/c1-2-6(9)8-11-10-7(12-8)5-3-4-5/h5-6H,2-4,9H2,1H3. The average molecular weight is 167 g/mol. The van der Waals surface area contributed by atoms with Crippen molar-refractivity contribution in [1.29, 1.82) is 0 Å². The second-order valence-electron chi connectivity index (χ2n) is 3.27. The predicted molar refractivity (Wildman–Crippen MR) is 43.5 cm³/mol. The lowest BCUT2D eigenvalue weighted by molar-refractivity contribution is 0.414. The topological polar surface area (TPSA) is 64.9 Å². The monoisotopic (exact) mass is 167 g/mol. The predicted octanol–water partition coefficient (Wildman–Crippen LogP) is 1.36. The van der Waals surface area contributed by atoms with Gasteiger partial charge in [-0.05, 0) is 19.3 Å². The van der Waals surface area contributed by atoms with Gasteiger partial charge in [0.25, 0.3) is 0 Å². The van der Waals surface area contributed by atoms with Crippen molar-refractivity contribution in [3.8, 4) is 0 Å². The van der Waals surface area contributed by atoms with Crippen LogP contribution in [0.4, 0.5) is 0 Å². The van der Waals surface area contributed by atoms with Crippen LogP contribution in [0.3, 0.4) is 0 Å². The zero-order valence-corrected chi connectivity index (χ0v) is 7.16. The quantitative estimate of drug-likeness (QED) is 0.738. The van der Waals surface area contributed by atoms with Crippen LogP contribution in [-0.4, -0.2) is 10.2 Å². The molecule has 1 aromatic rings. The summed E-state index contributed by atoms with van der Waals surface area (Å²) < 4.78 is 5.41. The minimum atomic E-state index is -0.0926. The van der Waals surface area contributed by atoms with E-state index in [0.717, 1.165) is 12.3 Å². The van der Waals surface area contributed by atoms with Gasteiger partial charge in [0.1, 0.15) is 0 Å². The van der Waals surface area contributed by atoms with Crippen LogP contribution >= 0.6 is 0 Å². The maximum Gasteiger partial charge on any atom is 0.233 e. The first-order valence-electron chi connectivity index (χ1n) is 4.40. The van der Waals surface area contributed by atoms with Crippen molar-refractivity contribution in [1.82, 2.24) is 10.2 Å². The van der Waals surface area contributed by atoms with Crippen molar-refractivity contribution < 1.29 is 4.42 Å². The second-order valence-corrected chi connectivity index (χ2v) is 3.27. The fourth-order valence-electron chi connectivity index (χ4n) is 1.07. The van der Waals surface area contributed by atoms with Gasteiger partial charge in [-0.15, -0.1) is 10.2 Å². The van der Waals surface area contributed by atoms with E-state index in [2.05, 4.69) is 10.2 Å². The van der Waals surface area contributed by atoms with Gasteiger partial charge in [0.15, 0.2) is 0 Å². The van der Waals surface area contributed by atoms with Gasteiger partial charge >= 0.3 is 0 Å². The maximum atomic E-state index is 5.73. The van der Waals surface area contributed by atoms with Crippen LogP contribution in [0, 0.1) is 0 Å². The van der Waals surface area contributed by atoms with Crippen molar-refractivity contribution in [3.63, 3.8) is 0 Å². The third kappa shape index (κ3) is 1.34. The highest BCUT2D eigenvalue weighted by Gasteiger charge is 2.29. The van der Waals surface area contributed by atoms with Crippen LogP contribution in [0.15, 0.2) is 4.42 Å². The van der Waals surface area contributed by atoms with Gasteiger partial charge < -0.3 is 10.2 Å². The van der Waals surface area contributed by atoms with Gasteiger partial charge in [-0.25, -0.2) is 0 Å². The Morgan fingerprint density at radius 1 is 1.58 bits per heavy atom. The molecule has 1 unspecified atom stereocenters. The van der Waals surface area contributed by atoms with E-state index in [1.165, 1.54) is 12.8 Å². The Labute approximate surface area is 71.2 Å². The smallest absolute Gasteiger partial charge is 0.233 e. The summed E-state index contributed by atoms with van der Waals surface area (Å²) in [5.41, 5.74) is 5.73. The van der Waals surface area contributed by atoms with Crippen molar-refractivity contribution in [2.75, 3.05) is 0 Å². The molecule has 0 aliphatic heterocycles. The Hall–Kier alpha value is -0.900. The average Bonchev–Trinajstić information content (AvgIpc) is 2.83. The molecule has 0 bridgehead atoms. The Morgan fingerprint density at radius 2 is 2.33 bits per heavy atom. The first-order valence-corrected chi connectivity index (χ1v) is 4.40. The molecular formula is C8H13N3O. The normalized spacial score (nSPS) is 19.5. The molecule has 1 saturated carbocycles. The van der Waals surface area contributed by atoms with Gasteiger partial charge in [0, 0.05) is 5.92 Å². The molecule has 1 aromatic heterocycles. The van der Waals surface area contributed by atoms with Crippen LogP contribution in [-0.2, 0) is 0 Å². The number of aromatic nitrogens is 2. The van der Waals surface area contributed by atoms with Crippen LogP contribution in [0.1, 0.15) is 49.9 Å². The molecule has 0 saturated heterocycles. The molecule has 1 fully saturated rings. The highest BCUT2D eigenvalue weighted by atomic mass is 16.4. The van der Waals surface area contributed by atoms with Crippen molar-refractivity contribution in [3.05, 3.63) is 11.8 Å². The van der Waals surface area contributed by atoms with Gasteiger partial charge in [-0.3, -0.25) is 0 Å². The summed E-state index contributed by atoms with van der Waals surface area (Å²) in [7, 11) is 0. The Bertz CT molecular complexity index is 267. The van der Waals surface area contributed by atoms with Gasteiger partial charge in [-0.2, -0.15) is 0 Å². The lowest BCUT2D eigenvalue weighted by atomic mass is 10.2. The molecule has 66 valence electrons. The van der Waals surface area contributed by atoms with Gasteiger partial charge in [-0.1, -0.05) is 6.92 Å². The highest BCUT2D eigenvalue weighted by Crippen LogP contribution is 2.39. The molecule has 1 heterocycles. The summed E-state index contributed by atoms with van der Waals surface area (Å²) >= 11 is 0. The SMILES string of the molecule is CCC(N)c1nnc(C2CC2)o1. The summed E-state index contributed by atoms with van der Waals surface area (Å²) in [6.45, 7) is 2.01. The van der Waals surface area contributed by atoms with E-state index in [0.29, 0.717) is 11.8 Å². The molecule has 4 heteroatoms. The molecule has 2 N–H and O–H groups in total. The molecular weight excluding hydrogens is 154 g/mol.